The third kappa shape index (κ3) is 2.08. The van der Waals surface area contributed by atoms with E-state index in [4.69, 9.17) is 4.74 Å². The largest absolute Gasteiger partial charge is 0.496 e. The molecule has 6 heteroatoms. The highest BCUT2D eigenvalue weighted by molar-refractivity contribution is 7.99. The molecule has 1 N–H and O–H groups in total. The maximum Gasteiger partial charge on any atom is 0.297 e. The van der Waals surface area contributed by atoms with E-state index >= 15 is 0 Å². The van der Waals surface area contributed by atoms with Crippen molar-refractivity contribution in [1.29, 1.82) is 0 Å². The van der Waals surface area contributed by atoms with Crippen molar-refractivity contribution in [3.8, 4) is 5.75 Å². The summed E-state index contributed by atoms with van der Waals surface area (Å²) >= 11 is 1.51. The monoisotopic (exact) mass is 288 g/mol. The smallest absolute Gasteiger partial charge is 0.297 e. The third-order valence-electron chi connectivity index (χ3n) is 3.10. The number of nitro groups is 1. The summed E-state index contributed by atoms with van der Waals surface area (Å²) in [6.07, 6.45) is 0. The van der Waals surface area contributed by atoms with Gasteiger partial charge in [0.25, 0.3) is 5.69 Å². The Kier molecular flexibility index (Phi) is 3.02. The first-order chi connectivity index (χ1) is 9.58. The molecule has 1 aliphatic heterocycles. The SMILES string of the molecule is COc1cc2c(c([N+](=O)[O-])c1)Nc1ccc(C)cc1S2. The van der Waals surface area contributed by atoms with Crippen LogP contribution >= 0.6 is 11.8 Å². The highest BCUT2D eigenvalue weighted by Gasteiger charge is 2.25. The average Bonchev–Trinajstić information content (AvgIpc) is 2.43. The fourth-order valence-electron chi connectivity index (χ4n) is 2.11. The van der Waals surface area contributed by atoms with Gasteiger partial charge in [0, 0.05) is 9.79 Å². The molecule has 0 aromatic heterocycles. The lowest BCUT2D eigenvalue weighted by Crippen LogP contribution is -2.04. The van der Waals surface area contributed by atoms with Gasteiger partial charge in [0.15, 0.2) is 0 Å². The number of nitrogens with one attached hydrogen (secondary N) is 1. The molecule has 0 saturated heterocycles. The topological polar surface area (TPSA) is 64.4 Å². The molecular weight excluding hydrogens is 276 g/mol. The Labute approximate surface area is 120 Å². The molecule has 0 spiro atoms. The van der Waals surface area contributed by atoms with Gasteiger partial charge in [-0.25, -0.2) is 0 Å². The molecule has 1 heterocycles. The summed E-state index contributed by atoms with van der Waals surface area (Å²) in [5.41, 5.74) is 2.59. The third-order valence-corrected chi connectivity index (χ3v) is 4.20. The van der Waals surface area contributed by atoms with Gasteiger partial charge in [0.1, 0.15) is 11.4 Å². The summed E-state index contributed by atoms with van der Waals surface area (Å²) in [4.78, 5) is 12.7. The lowest BCUT2D eigenvalue weighted by molar-refractivity contribution is -0.384. The normalized spacial score (nSPS) is 12.1. The van der Waals surface area contributed by atoms with Crippen LogP contribution in [0.3, 0.4) is 0 Å². The van der Waals surface area contributed by atoms with E-state index in [2.05, 4.69) is 11.4 Å². The summed E-state index contributed by atoms with van der Waals surface area (Å²) in [7, 11) is 1.50. The quantitative estimate of drug-likeness (QED) is 0.567. The minimum atomic E-state index is -0.395. The molecule has 102 valence electrons. The van der Waals surface area contributed by atoms with E-state index < -0.39 is 4.92 Å². The molecule has 0 unspecified atom stereocenters. The molecule has 0 aliphatic carbocycles. The van der Waals surface area contributed by atoms with Gasteiger partial charge in [-0.05, 0) is 30.7 Å². The number of ether oxygens (including phenoxy) is 1. The molecule has 0 fully saturated rings. The second-order valence-corrected chi connectivity index (χ2v) is 5.59. The number of nitrogens with zero attached hydrogens (tertiary/aromatic N) is 1. The van der Waals surface area contributed by atoms with Crippen LogP contribution in [0.15, 0.2) is 40.1 Å². The Morgan fingerprint density at radius 1 is 1.25 bits per heavy atom. The Bertz CT molecular complexity index is 716. The van der Waals surface area contributed by atoms with Crippen LogP contribution in [-0.2, 0) is 0 Å². The van der Waals surface area contributed by atoms with Crippen molar-refractivity contribution < 1.29 is 9.66 Å². The van der Waals surface area contributed by atoms with E-state index in [-0.39, 0.29) is 5.69 Å². The molecule has 0 amide bonds. The van der Waals surface area contributed by atoms with Gasteiger partial charge >= 0.3 is 0 Å². The van der Waals surface area contributed by atoms with E-state index in [1.54, 1.807) is 0 Å². The number of aryl methyl sites for hydroxylation is 1. The van der Waals surface area contributed by atoms with E-state index in [0.29, 0.717) is 11.4 Å². The number of nitro benzene ring substituents is 1. The van der Waals surface area contributed by atoms with Crippen molar-refractivity contribution in [2.24, 2.45) is 0 Å². The first-order valence-electron chi connectivity index (χ1n) is 6.00. The number of methoxy groups -OCH3 is 1. The molecule has 20 heavy (non-hydrogen) atoms. The summed E-state index contributed by atoms with van der Waals surface area (Å²) in [5, 5.41) is 14.4. The lowest BCUT2D eigenvalue weighted by Gasteiger charge is -2.21. The fraction of sp³-hybridized carbons (Fsp3) is 0.143. The summed E-state index contributed by atoms with van der Waals surface area (Å²) in [6.45, 7) is 2.02. The van der Waals surface area contributed by atoms with Gasteiger partial charge in [-0.3, -0.25) is 10.1 Å². The number of rotatable bonds is 2. The predicted octanol–water partition coefficient (Wildman–Crippen LogP) is 4.12. The van der Waals surface area contributed by atoms with Crippen LogP contribution in [0.1, 0.15) is 5.56 Å². The average molecular weight is 288 g/mol. The molecule has 1 aliphatic rings. The Hall–Kier alpha value is -2.21. The number of hydrogen-bond acceptors (Lipinski definition) is 5. The van der Waals surface area contributed by atoms with Crippen LogP contribution in [0.2, 0.25) is 0 Å². The number of benzene rings is 2. The lowest BCUT2D eigenvalue weighted by atomic mass is 10.2. The molecular formula is C14H12N2O3S. The summed E-state index contributed by atoms with van der Waals surface area (Å²) in [6, 6.07) is 9.22. The summed E-state index contributed by atoms with van der Waals surface area (Å²) < 4.78 is 5.14. The number of hydrogen-bond donors (Lipinski definition) is 1. The Morgan fingerprint density at radius 3 is 2.75 bits per heavy atom. The molecule has 0 saturated carbocycles. The van der Waals surface area contributed by atoms with Crippen molar-refractivity contribution in [3.05, 3.63) is 46.0 Å². The second kappa shape index (κ2) is 4.72. The molecule has 0 radical (unpaired) electrons. The van der Waals surface area contributed by atoms with Crippen LogP contribution in [0.25, 0.3) is 0 Å². The number of fused-ring (bicyclic) bond motifs is 2. The molecule has 5 nitrogen and oxygen atoms in total. The van der Waals surface area contributed by atoms with Gasteiger partial charge in [0.2, 0.25) is 0 Å². The van der Waals surface area contributed by atoms with E-state index in [0.717, 1.165) is 21.0 Å². The van der Waals surface area contributed by atoms with E-state index in [1.165, 1.54) is 24.9 Å². The van der Waals surface area contributed by atoms with Gasteiger partial charge in [-0.2, -0.15) is 0 Å². The molecule has 2 aromatic carbocycles. The first kappa shape index (κ1) is 12.8. The standard InChI is InChI=1S/C14H12N2O3S/c1-8-3-4-10-12(5-8)20-13-7-9(19-2)6-11(16(17)18)14(13)15-10/h3-7,15H,1-2H3. The van der Waals surface area contributed by atoms with Gasteiger partial charge < -0.3 is 10.1 Å². The van der Waals surface area contributed by atoms with Gasteiger partial charge in [-0.15, -0.1) is 0 Å². The maximum absolute atomic E-state index is 11.2. The van der Waals surface area contributed by atoms with Crippen molar-refractivity contribution in [2.75, 3.05) is 12.4 Å². The minimum Gasteiger partial charge on any atom is -0.496 e. The van der Waals surface area contributed by atoms with Crippen LogP contribution in [0.5, 0.6) is 5.75 Å². The zero-order valence-electron chi connectivity index (χ0n) is 11.0. The molecule has 2 aromatic rings. The predicted molar refractivity (Wildman–Crippen MR) is 78.2 cm³/mol. The highest BCUT2D eigenvalue weighted by atomic mass is 32.2. The Balaban J connectivity index is 2.15. The van der Waals surface area contributed by atoms with Crippen LogP contribution in [0.4, 0.5) is 17.1 Å². The molecule has 3 rings (SSSR count). The van der Waals surface area contributed by atoms with Crippen molar-refractivity contribution in [3.63, 3.8) is 0 Å². The van der Waals surface area contributed by atoms with Crippen molar-refractivity contribution in [1.82, 2.24) is 0 Å². The highest BCUT2D eigenvalue weighted by Crippen LogP contribution is 2.49. The fourth-order valence-corrected chi connectivity index (χ4v) is 3.26. The second-order valence-electron chi connectivity index (χ2n) is 4.50. The van der Waals surface area contributed by atoms with Gasteiger partial charge in [0.05, 0.1) is 23.8 Å². The zero-order chi connectivity index (χ0) is 14.3. The zero-order valence-corrected chi connectivity index (χ0v) is 11.8. The van der Waals surface area contributed by atoms with Gasteiger partial charge in [-0.1, -0.05) is 17.8 Å². The number of anilines is 2. The van der Waals surface area contributed by atoms with Crippen LogP contribution in [-0.4, -0.2) is 12.0 Å². The molecule has 0 bridgehead atoms. The Morgan fingerprint density at radius 2 is 2.05 bits per heavy atom. The van der Waals surface area contributed by atoms with Crippen molar-refractivity contribution >= 4 is 28.8 Å². The first-order valence-corrected chi connectivity index (χ1v) is 6.82. The molecule has 0 atom stereocenters. The van der Waals surface area contributed by atoms with Crippen LogP contribution < -0.4 is 10.1 Å². The minimum absolute atomic E-state index is 0.0260. The van der Waals surface area contributed by atoms with E-state index in [9.17, 15) is 10.1 Å². The van der Waals surface area contributed by atoms with E-state index in [1.807, 2.05) is 25.1 Å². The maximum atomic E-state index is 11.2. The van der Waals surface area contributed by atoms with Crippen molar-refractivity contribution in [2.45, 2.75) is 16.7 Å². The van der Waals surface area contributed by atoms with Crippen LogP contribution in [0, 0.1) is 17.0 Å². The summed E-state index contributed by atoms with van der Waals surface area (Å²) in [5.74, 6) is 0.487.